The Morgan fingerprint density at radius 1 is 0.955 bits per heavy atom. The van der Waals surface area contributed by atoms with Crippen LogP contribution in [0.15, 0.2) is 24.3 Å². The van der Waals surface area contributed by atoms with Crippen molar-refractivity contribution in [2.45, 2.75) is 24.9 Å². The molecule has 0 saturated heterocycles. The lowest BCUT2D eigenvalue weighted by molar-refractivity contribution is -0.140. The summed E-state index contributed by atoms with van der Waals surface area (Å²) in [5.41, 5.74) is 15.7. The highest BCUT2D eigenvalue weighted by Gasteiger charge is 2.13. The Kier molecular flexibility index (Phi) is 8.19. The van der Waals surface area contributed by atoms with Gasteiger partial charge in [-0.2, -0.15) is 0 Å². The molecule has 22 heavy (non-hydrogen) atoms. The normalized spacial score (nSPS) is 12.5. The van der Waals surface area contributed by atoms with Gasteiger partial charge in [0, 0.05) is 0 Å². The number of nitrogens with two attached hydrogens (primary N) is 3. The first kappa shape index (κ1) is 19.4. The molecule has 0 aromatic heterocycles. The van der Waals surface area contributed by atoms with Crippen LogP contribution in [0.5, 0.6) is 5.75 Å². The highest BCUT2D eigenvalue weighted by Crippen LogP contribution is 2.10. The number of hydrogen-bond acceptors (Lipinski definition) is 6. The van der Waals surface area contributed by atoms with Gasteiger partial charge in [-0.25, -0.2) is 0 Å². The predicted molar refractivity (Wildman–Crippen MR) is 76.8 cm³/mol. The first-order chi connectivity index (χ1) is 10.1. The van der Waals surface area contributed by atoms with E-state index in [1.807, 2.05) is 0 Å². The lowest BCUT2D eigenvalue weighted by Crippen LogP contribution is -2.34. The number of carboxylic acid groups (broad SMARTS) is 2. The molecule has 1 aromatic carbocycles. The zero-order valence-corrected chi connectivity index (χ0v) is 11.7. The van der Waals surface area contributed by atoms with Crippen LogP contribution in [0.2, 0.25) is 0 Å². The van der Waals surface area contributed by atoms with Gasteiger partial charge >= 0.3 is 11.9 Å². The number of amides is 1. The van der Waals surface area contributed by atoms with Crippen molar-refractivity contribution in [3.63, 3.8) is 0 Å². The van der Waals surface area contributed by atoms with Crippen LogP contribution in [-0.4, -0.2) is 45.2 Å². The number of phenols is 1. The Morgan fingerprint density at radius 3 is 1.73 bits per heavy atom. The monoisotopic (exact) mass is 313 g/mol. The van der Waals surface area contributed by atoms with Gasteiger partial charge in [-0.3, -0.25) is 14.4 Å². The molecule has 1 amide bonds. The fourth-order valence-electron chi connectivity index (χ4n) is 1.28. The molecule has 0 aliphatic rings. The highest BCUT2D eigenvalue weighted by atomic mass is 16.4. The summed E-state index contributed by atoms with van der Waals surface area (Å²) in [6.45, 7) is 0. The Labute approximate surface area is 126 Å². The summed E-state index contributed by atoms with van der Waals surface area (Å²) in [7, 11) is 0. The standard InChI is InChI=1S/C9H11NO3.C4H8N2O3/c10-8(9(12)13)5-6-1-3-7(11)4-2-6;5-2(4(8)9)1-3(6)7/h1-4,8,11H,5,10H2,(H,12,13);2H,1,5H2,(H2,6,7)(H,8,9). The van der Waals surface area contributed by atoms with E-state index in [9.17, 15) is 14.4 Å². The second-order valence-corrected chi connectivity index (χ2v) is 4.43. The van der Waals surface area contributed by atoms with Crippen molar-refractivity contribution in [3.8, 4) is 5.75 Å². The first-order valence-corrected chi connectivity index (χ1v) is 6.16. The lowest BCUT2D eigenvalue weighted by Gasteiger charge is -2.05. The predicted octanol–water partition coefficient (Wildman–Crippen LogP) is -1.38. The van der Waals surface area contributed by atoms with Gasteiger partial charge in [0.25, 0.3) is 0 Å². The van der Waals surface area contributed by atoms with E-state index in [2.05, 4.69) is 5.73 Å². The van der Waals surface area contributed by atoms with Gasteiger partial charge in [-0.1, -0.05) is 12.1 Å². The molecular formula is C13H19N3O6. The van der Waals surface area contributed by atoms with Crippen LogP contribution in [0.25, 0.3) is 0 Å². The Hall–Kier alpha value is -2.65. The first-order valence-electron chi connectivity index (χ1n) is 6.16. The van der Waals surface area contributed by atoms with Gasteiger partial charge in [0.2, 0.25) is 5.91 Å². The van der Waals surface area contributed by atoms with Crippen LogP contribution in [-0.2, 0) is 20.8 Å². The SMILES string of the molecule is NC(=O)CC(N)C(=O)O.NC(Cc1ccc(O)cc1)C(=O)O. The number of phenolic OH excluding ortho intramolecular Hbond substituents is 1. The molecule has 9 nitrogen and oxygen atoms in total. The fourth-order valence-corrected chi connectivity index (χ4v) is 1.28. The van der Waals surface area contributed by atoms with Crippen molar-refractivity contribution in [1.29, 1.82) is 0 Å². The van der Waals surface area contributed by atoms with E-state index in [1.165, 1.54) is 12.1 Å². The average Bonchev–Trinajstić information content (AvgIpc) is 2.41. The molecular weight excluding hydrogens is 294 g/mol. The second-order valence-electron chi connectivity index (χ2n) is 4.43. The minimum Gasteiger partial charge on any atom is -0.508 e. The number of rotatable bonds is 6. The number of carbonyl (C=O) groups is 3. The highest BCUT2D eigenvalue weighted by molar-refractivity contribution is 5.83. The molecule has 0 radical (unpaired) electrons. The lowest BCUT2D eigenvalue weighted by atomic mass is 10.1. The van der Waals surface area contributed by atoms with Crippen LogP contribution >= 0.6 is 0 Å². The van der Waals surface area contributed by atoms with Crippen molar-refractivity contribution < 1.29 is 29.7 Å². The summed E-state index contributed by atoms with van der Waals surface area (Å²) in [5, 5.41) is 25.6. The fraction of sp³-hybridized carbons (Fsp3) is 0.308. The maximum atomic E-state index is 10.4. The maximum Gasteiger partial charge on any atom is 0.321 e. The number of hydrogen-bond donors (Lipinski definition) is 6. The summed E-state index contributed by atoms with van der Waals surface area (Å²) in [6.07, 6.45) is -0.0368. The van der Waals surface area contributed by atoms with Crippen molar-refractivity contribution in [2.24, 2.45) is 17.2 Å². The summed E-state index contributed by atoms with van der Waals surface area (Å²) in [5.74, 6) is -2.78. The number of carbonyl (C=O) groups excluding carboxylic acids is 1. The van der Waals surface area contributed by atoms with E-state index < -0.39 is 29.9 Å². The van der Waals surface area contributed by atoms with Gasteiger partial charge in [-0.05, 0) is 24.1 Å². The summed E-state index contributed by atoms with van der Waals surface area (Å²) in [6, 6.07) is 4.26. The van der Waals surface area contributed by atoms with E-state index >= 15 is 0 Å². The number of benzene rings is 1. The van der Waals surface area contributed by atoms with E-state index in [4.69, 9.17) is 26.8 Å². The summed E-state index contributed by atoms with van der Waals surface area (Å²) >= 11 is 0. The van der Waals surface area contributed by atoms with Gasteiger partial charge in [0.05, 0.1) is 6.42 Å². The second kappa shape index (κ2) is 9.32. The van der Waals surface area contributed by atoms with E-state index in [1.54, 1.807) is 12.1 Å². The zero-order chi connectivity index (χ0) is 17.3. The van der Waals surface area contributed by atoms with Crippen molar-refractivity contribution in [3.05, 3.63) is 29.8 Å². The molecule has 0 aliphatic carbocycles. The number of primary amides is 1. The van der Waals surface area contributed by atoms with E-state index in [0.717, 1.165) is 5.56 Å². The Balaban J connectivity index is 0.000000433. The van der Waals surface area contributed by atoms with Crippen molar-refractivity contribution in [1.82, 2.24) is 0 Å². The molecule has 1 aromatic rings. The summed E-state index contributed by atoms with van der Waals surface area (Å²) in [4.78, 5) is 30.3. The van der Waals surface area contributed by atoms with Crippen molar-refractivity contribution >= 4 is 17.8 Å². The molecule has 0 aliphatic heterocycles. The largest absolute Gasteiger partial charge is 0.508 e. The van der Waals surface area contributed by atoms with Crippen LogP contribution in [0, 0.1) is 0 Å². The molecule has 0 fully saturated rings. The average molecular weight is 313 g/mol. The zero-order valence-electron chi connectivity index (χ0n) is 11.7. The quantitative estimate of drug-likeness (QED) is 0.370. The van der Waals surface area contributed by atoms with Crippen LogP contribution in [0.4, 0.5) is 0 Å². The Bertz CT molecular complexity index is 517. The molecule has 0 saturated carbocycles. The third-order valence-electron chi connectivity index (χ3n) is 2.45. The number of aromatic hydroxyl groups is 1. The van der Waals surface area contributed by atoms with E-state index in [0.29, 0.717) is 0 Å². The number of carboxylic acids is 2. The topological polar surface area (TPSA) is 190 Å². The third kappa shape index (κ3) is 8.51. The summed E-state index contributed by atoms with van der Waals surface area (Å²) < 4.78 is 0. The van der Waals surface area contributed by atoms with Gasteiger partial charge < -0.3 is 32.5 Å². The van der Waals surface area contributed by atoms with Gasteiger partial charge in [-0.15, -0.1) is 0 Å². The molecule has 2 atom stereocenters. The minimum atomic E-state index is -1.21. The minimum absolute atomic E-state index is 0.160. The molecule has 9 N–H and O–H groups in total. The maximum absolute atomic E-state index is 10.4. The van der Waals surface area contributed by atoms with Gasteiger partial charge in [0.1, 0.15) is 17.8 Å². The molecule has 0 bridgehead atoms. The van der Waals surface area contributed by atoms with Gasteiger partial charge in [0.15, 0.2) is 0 Å². The number of aliphatic carboxylic acids is 2. The molecule has 9 heteroatoms. The molecule has 0 heterocycles. The Morgan fingerprint density at radius 2 is 1.41 bits per heavy atom. The van der Waals surface area contributed by atoms with Crippen molar-refractivity contribution in [2.75, 3.05) is 0 Å². The smallest absolute Gasteiger partial charge is 0.321 e. The molecule has 122 valence electrons. The van der Waals surface area contributed by atoms with Crippen LogP contribution < -0.4 is 17.2 Å². The third-order valence-corrected chi connectivity index (χ3v) is 2.45. The molecule has 2 unspecified atom stereocenters. The van der Waals surface area contributed by atoms with Crippen LogP contribution in [0.1, 0.15) is 12.0 Å². The molecule has 0 spiro atoms. The van der Waals surface area contributed by atoms with E-state index in [-0.39, 0.29) is 18.6 Å². The van der Waals surface area contributed by atoms with Crippen LogP contribution in [0.3, 0.4) is 0 Å². The molecule has 1 rings (SSSR count).